The fourth-order valence-corrected chi connectivity index (χ4v) is 1.92. The second kappa shape index (κ2) is 6.03. The van der Waals surface area contributed by atoms with E-state index in [2.05, 4.69) is 10.0 Å². The number of aliphatic hydroxyl groups is 2. The zero-order chi connectivity index (χ0) is 13.7. The van der Waals surface area contributed by atoms with Gasteiger partial charge in [-0.1, -0.05) is 5.11 Å². The van der Waals surface area contributed by atoms with E-state index in [1.165, 1.54) is 0 Å². The van der Waals surface area contributed by atoms with Gasteiger partial charge in [-0.15, -0.1) is 0 Å². The average Bonchev–Trinajstić information content (AvgIpc) is 2.34. The first-order valence-corrected chi connectivity index (χ1v) is 5.39. The molecule has 0 fully saturated rings. The molecule has 18 heavy (non-hydrogen) atoms. The molecule has 6 nitrogen and oxygen atoms in total. The van der Waals surface area contributed by atoms with Crippen molar-refractivity contribution in [1.29, 1.82) is 5.26 Å². The molecular weight excluding hydrogens is 232 g/mol. The van der Waals surface area contributed by atoms with E-state index >= 15 is 0 Å². The van der Waals surface area contributed by atoms with Crippen LogP contribution in [0.4, 0.5) is 0 Å². The van der Waals surface area contributed by atoms with E-state index in [-0.39, 0.29) is 6.54 Å². The molecule has 0 radical (unpaired) electrons. The number of azide groups is 1. The molecule has 1 rings (SSSR count). The van der Waals surface area contributed by atoms with E-state index in [4.69, 9.17) is 10.8 Å². The first-order chi connectivity index (χ1) is 8.51. The average molecular weight is 246 g/mol. The van der Waals surface area contributed by atoms with Crippen LogP contribution in [0.1, 0.15) is 28.4 Å². The zero-order valence-electron chi connectivity index (χ0n) is 10.2. The van der Waals surface area contributed by atoms with Crippen LogP contribution in [0, 0.1) is 25.2 Å². The summed E-state index contributed by atoms with van der Waals surface area (Å²) < 4.78 is 0. The SMILES string of the molecule is Cc1cc(C#N)cc(C)c1C(O)C(O)CN=[N+]=[N-]. The highest BCUT2D eigenvalue weighted by atomic mass is 16.3. The van der Waals surface area contributed by atoms with E-state index in [1.807, 2.05) is 6.07 Å². The number of rotatable bonds is 4. The fraction of sp³-hybridized carbons (Fsp3) is 0.417. The number of hydrogen-bond acceptors (Lipinski definition) is 4. The van der Waals surface area contributed by atoms with Crippen molar-refractivity contribution in [2.24, 2.45) is 5.11 Å². The maximum absolute atomic E-state index is 10.0. The van der Waals surface area contributed by atoms with Gasteiger partial charge < -0.3 is 10.2 Å². The summed E-state index contributed by atoms with van der Waals surface area (Å²) in [7, 11) is 0. The Morgan fingerprint density at radius 2 is 1.94 bits per heavy atom. The lowest BCUT2D eigenvalue weighted by molar-refractivity contribution is 0.0236. The Bertz CT molecular complexity index is 506. The van der Waals surface area contributed by atoms with E-state index < -0.39 is 12.2 Å². The fourth-order valence-electron chi connectivity index (χ4n) is 1.92. The number of nitrogens with zero attached hydrogens (tertiary/aromatic N) is 4. The van der Waals surface area contributed by atoms with Crippen LogP contribution in [-0.4, -0.2) is 22.9 Å². The lowest BCUT2D eigenvalue weighted by Gasteiger charge is -2.20. The molecule has 6 heteroatoms. The van der Waals surface area contributed by atoms with Gasteiger partial charge in [0.15, 0.2) is 0 Å². The molecule has 0 spiro atoms. The Kier molecular flexibility index (Phi) is 4.69. The van der Waals surface area contributed by atoms with Gasteiger partial charge in [0, 0.05) is 4.91 Å². The largest absolute Gasteiger partial charge is 0.390 e. The maximum Gasteiger partial charge on any atom is 0.105 e. The summed E-state index contributed by atoms with van der Waals surface area (Å²) >= 11 is 0. The highest BCUT2D eigenvalue weighted by Gasteiger charge is 2.21. The van der Waals surface area contributed by atoms with Gasteiger partial charge in [0.2, 0.25) is 0 Å². The Labute approximate surface area is 105 Å². The molecule has 0 aliphatic heterocycles. The second-order valence-electron chi connectivity index (χ2n) is 4.06. The Morgan fingerprint density at radius 1 is 1.39 bits per heavy atom. The molecule has 0 saturated heterocycles. The van der Waals surface area contributed by atoms with Gasteiger partial charge in [-0.25, -0.2) is 0 Å². The molecule has 1 aromatic carbocycles. The van der Waals surface area contributed by atoms with E-state index in [1.54, 1.807) is 26.0 Å². The van der Waals surface area contributed by atoms with Gasteiger partial charge in [0.25, 0.3) is 0 Å². The van der Waals surface area contributed by atoms with E-state index in [9.17, 15) is 10.2 Å². The number of aryl methyl sites for hydroxylation is 2. The summed E-state index contributed by atoms with van der Waals surface area (Å²) in [5.41, 5.74) is 10.7. The van der Waals surface area contributed by atoms with Gasteiger partial charge in [-0.3, -0.25) is 0 Å². The van der Waals surface area contributed by atoms with Crippen LogP contribution in [0.5, 0.6) is 0 Å². The summed E-state index contributed by atoms with van der Waals surface area (Å²) in [6, 6.07) is 5.32. The summed E-state index contributed by atoms with van der Waals surface area (Å²) in [4.78, 5) is 2.53. The normalized spacial score (nSPS) is 13.3. The molecule has 0 aliphatic rings. The summed E-state index contributed by atoms with van der Waals surface area (Å²) in [6.07, 6.45) is -2.30. The van der Waals surface area contributed by atoms with E-state index in [0.29, 0.717) is 11.1 Å². The molecule has 1 aromatic rings. The van der Waals surface area contributed by atoms with E-state index in [0.717, 1.165) is 11.1 Å². The van der Waals surface area contributed by atoms with Gasteiger partial charge in [0.05, 0.1) is 24.3 Å². The van der Waals surface area contributed by atoms with Crippen molar-refractivity contribution in [2.45, 2.75) is 26.1 Å². The molecule has 0 aromatic heterocycles. The highest BCUT2D eigenvalue weighted by molar-refractivity contribution is 5.44. The number of hydrogen-bond donors (Lipinski definition) is 2. The third-order valence-electron chi connectivity index (χ3n) is 2.71. The first kappa shape index (κ1) is 14.0. The second-order valence-corrected chi connectivity index (χ2v) is 4.06. The first-order valence-electron chi connectivity index (χ1n) is 5.39. The minimum atomic E-state index is -1.16. The van der Waals surface area contributed by atoms with Gasteiger partial charge >= 0.3 is 0 Å². The van der Waals surface area contributed by atoms with Crippen molar-refractivity contribution in [1.82, 2.24) is 0 Å². The minimum absolute atomic E-state index is 0.198. The van der Waals surface area contributed by atoms with Crippen molar-refractivity contribution in [3.05, 3.63) is 44.8 Å². The van der Waals surface area contributed by atoms with Crippen molar-refractivity contribution >= 4 is 0 Å². The summed E-state index contributed by atoms with van der Waals surface area (Å²) in [5.74, 6) is 0. The maximum atomic E-state index is 10.0. The van der Waals surface area contributed by atoms with Gasteiger partial charge in [-0.2, -0.15) is 5.26 Å². The van der Waals surface area contributed by atoms with Crippen LogP contribution >= 0.6 is 0 Å². The van der Waals surface area contributed by atoms with Crippen LogP contribution < -0.4 is 0 Å². The standard InChI is InChI=1S/C12H14N4O2/c1-7-3-9(5-13)4-8(2)11(7)12(18)10(17)6-15-16-14/h3-4,10,12,17-18H,6H2,1-2H3. The lowest BCUT2D eigenvalue weighted by atomic mass is 9.93. The molecule has 0 bridgehead atoms. The predicted molar refractivity (Wildman–Crippen MR) is 65.6 cm³/mol. The van der Waals surface area contributed by atoms with Crippen LogP contribution in [0.15, 0.2) is 17.2 Å². The van der Waals surface area contributed by atoms with Crippen molar-refractivity contribution < 1.29 is 10.2 Å². The number of nitriles is 1. The Balaban J connectivity index is 3.10. The lowest BCUT2D eigenvalue weighted by Crippen LogP contribution is -2.22. The number of aliphatic hydroxyl groups excluding tert-OH is 2. The third kappa shape index (κ3) is 2.99. The molecule has 2 N–H and O–H groups in total. The topological polar surface area (TPSA) is 113 Å². The molecule has 2 unspecified atom stereocenters. The zero-order valence-corrected chi connectivity index (χ0v) is 10.2. The Morgan fingerprint density at radius 3 is 2.39 bits per heavy atom. The molecule has 0 heterocycles. The molecule has 0 saturated carbocycles. The van der Waals surface area contributed by atoms with Crippen LogP contribution in [-0.2, 0) is 0 Å². The molecule has 0 amide bonds. The van der Waals surface area contributed by atoms with Gasteiger partial charge in [-0.05, 0) is 48.2 Å². The molecule has 0 aliphatic carbocycles. The highest BCUT2D eigenvalue weighted by Crippen LogP contribution is 2.26. The summed E-state index contributed by atoms with van der Waals surface area (Å²) in [6.45, 7) is 3.32. The predicted octanol–water partition coefficient (Wildman–Crippen LogP) is 1.88. The Hall–Kier alpha value is -2.06. The molecule has 2 atom stereocenters. The van der Waals surface area contributed by atoms with Crippen molar-refractivity contribution in [3.8, 4) is 6.07 Å². The van der Waals surface area contributed by atoms with Gasteiger partial charge in [0.1, 0.15) is 6.10 Å². The van der Waals surface area contributed by atoms with Crippen molar-refractivity contribution in [2.75, 3.05) is 6.54 Å². The van der Waals surface area contributed by atoms with Crippen LogP contribution in [0.2, 0.25) is 0 Å². The summed E-state index contributed by atoms with van der Waals surface area (Å²) in [5, 5.41) is 31.8. The van der Waals surface area contributed by atoms with Crippen LogP contribution in [0.25, 0.3) is 10.4 Å². The number of benzene rings is 1. The molecular formula is C12H14N4O2. The monoisotopic (exact) mass is 246 g/mol. The smallest absolute Gasteiger partial charge is 0.105 e. The van der Waals surface area contributed by atoms with Crippen LogP contribution in [0.3, 0.4) is 0 Å². The van der Waals surface area contributed by atoms with Crippen molar-refractivity contribution in [3.63, 3.8) is 0 Å². The minimum Gasteiger partial charge on any atom is -0.390 e. The quantitative estimate of drug-likeness (QED) is 0.480. The molecule has 94 valence electrons. The third-order valence-corrected chi connectivity index (χ3v) is 2.71.